The average Bonchev–Trinajstić information content (AvgIpc) is 3.26. The Morgan fingerprint density at radius 2 is 1.66 bits per heavy atom. The van der Waals surface area contributed by atoms with Gasteiger partial charge in [0.15, 0.2) is 5.13 Å². The third-order valence-electron chi connectivity index (χ3n) is 4.89. The Bertz CT molecular complexity index is 1480. The minimum Gasteiger partial charge on any atom is -0.497 e. The quantitative estimate of drug-likeness (QED) is 0.333. The summed E-state index contributed by atoms with van der Waals surface area (Å²) in [6.07, 6.45) is 0. The number of esters is 1. The Morgan fingerprint density at radius 1 is 0.971 bits per heavy atom. The third kappa shape index (κ3) is 5.58. The first-order valence-corrected chi connectivity index (χ1v) is 12.7. The molecule has 0 atom stereocenters. The van der Waals surface area contributed by atoms with Gasteiger partial charge in [-0.05, 0) is 73.7 Å². The van der Waals surface area contributed by atoms with Gasteiger partial charge in [-0.1, -0.05) is 11.3 Å². The number of nitrogens with zero attached hydrogens (tertiary/aromatic N) is 1. The van der Waals surface area contributed by atoms with Crippen molar-refractivity contribution in [2.24, 2.45) is 0 Å². The molecule has 9 nitrogen and oxygen atoms in total. The largest absolute Gasteiger partial charge is 0.497 e. The summed E-state index contributed by atoms with van der Waals surface area (Å²) in [5.41, 5.74) is 1.68. The Kier molecular flexibility index (Phi) is 6.99. The van der Waals surface area contributed by atoms with Crippen LogP contribution < -0.4 is 14.8 Å². The molecule has 0 aliphatic heterocycles. The fraction of sp³-hybridized carbons (Fsp3) is 0.125. The monoisotopic (exact) mass is 511 g/mol. The molecule has 0 bridgehead atoms. The van der Waals surface area contributed by atoms with Gasteiger partial charge in [-0.25, -0.2) is 18.2 Å². The maximum Gasteiger partial charge on any atom is 0.338 e. The highest BCUT2D eigenvalue weighted by Crippen LogP contribution is 2.28. The first kappa shape index (κ1) is 24.2. The van der Waals surface area contributed by atoms with Crippen molar-refractivity contribution in [3.8, 4) is 5.75 Å². The number of carbonyl (C=O) groups is 2. The standard InChI is InChI=1S/C24H21N3O6S2/c1-3-33-23(29)16-6-13-20-21(14-16)34-24(25-20)26-22(28)15-4-7-17(8-5-15)27-35(30,31)19-11-9-18(32-2)10-12-19/h4-14,27H,3H2,1-2H3,(H,25,26,28). The van der Waals surface area contributed by atoms with Crippen LogP contribution >= 0.6 is 11.3 Å². The van der Waals surface area contributed by atoms with Crippen molar-refractivity contribution in [3.63, 3.8) is 0 Å². The number of carbonyl (C=O) groups excluding carboxylic acids is 2. The molecule has 0 fully saturated rings. The molecule has 1 aromatic heterocycles. The van der Waals surface area contributed by atoms with Crippen LogP contribution in [-0.4, -0.2) is 39.0 Å². The van der Waals surface area contributed by atoms with Crippen LogP contribution in [0.5, 0.6) is 5.75 Å². The van der Waals surface area contributed by atoms with Crippen LogP contribution in [0.3, 0.4) is 0 Å². The number of anilines is 2. The van der Waals surface area contributed by atoms with Gasteiger partial charge in [0, 0.05) is 11.3 Å². The zero-order chi connectivity index (χ0) is 25.0. The molecule has 0 radical (unpaired) electrons. The van der Waals surface area contributed by atoms with Crippen LogP contribution in [0.15, 0.2) is 71.6 Å². The number of ether oxygens (including phenoxy) is 2. The molecule has 2 N–H and O–H groups in total. The Balaban J connectivity index is 1.44. The number of sulfonamides is 1. The second-order valence-corrected chi connectivity index (χ2v) is 9.95. The van der Waals surface area contributed by atoms with Gasteiger partial charge in [-0.15, -0.1) is 0 Å². The second-order valence-electron chi connectivity index (χ2n) is 7.23. The Labute approximate surface area is 205 Å². The van der Waals surface area contributed by atoms with E-state index in [1.165, 1.54) is 54.8 Å². The number of hydrogen-bond donors (Lipinski definition) is 2. The summed E-state index contributed by atoms with van der Waals surface area (Å²) in [6, 6.07) is 17.0. The lowest BCUT2D eigenvalue weighted by Gasteiger charge is -2.09. The van der Waals surface area contributed by atoms with Crippen LogP contribution in [0.4, 0.5) is 10.8 Å². The number of rotatable bonds is 8. The molecule has 1 heterocycles. The molecule has 0 saturated heterocycles. The minimum atomic E-state index is -3.80. The Hall–Kier alpha value is -3.96. The second kappa shape index (κ2) is 10.1. The van der Waals surface area contributed by atoms with Crippen molar-refractivity contribution in [2.45, 2.75) is 11.8 Å². The molecule has 3 aromatic carbocycles. The maximum atomic E-state index is 12.7. The summed E-state index contributed by atoms with van der Waals surface area (Å²) in [4.78, 5) is 29.0. The number of fused-ring (bicyclic) bond motifs is 1. The smallest absolute Gasteiger partial charge is 0.338 e. The average molecular weight is 512 g/mol. The first-order valence-electron chi connectivity index (χ1n) is 10.4. The highest BCUT2D eigenvalue weighted by atomic mass is 32.2. The SMILES string of the molecule is CCOC(=O)c1ccc2nc(NC(=O)c3ccc(NS(=O)(=O)c4ccc(OC)cc4)cc3)sc2c1. The Morgan fingerprint density at radius 3 is 2.31 bits per heavy atom. The first-order chi connectivity index (χ1) is 16.8. The van der Waals surface area contributed by atoms with Gasteiger partial charge in [0.25, 0.3) is 15.9 Å². The molecule has 0 spiro atoms. The summed E-state index contributed by atoms with van der Waals surface area (Å²) in [5.74, 6) is -0.276. The molecule has 4 rings (SSSR count). The van der Waals surface area contributed by atoms with Gasteiger partial charge in [0.2, 0.25) is 0 Å². The van der Waals surface area contributed by atoms with E-state index in [1.54, 1.807) is 37.3 Å². The van der Waals surface area contributed by atoms with E-state index in [0.717, 1.165) is 4.70 Å². The van der Waals surface area contributed by atoms with Crippen LogP contribution in [-0.2, 0) is 14.8 Å². The van der Waals surface area contributed by atoms with Gasteiger partial charge in [0.1, 0.15) is 5.75 Å². The van der Waals surface area contributed by atoms with Gasteiger partial charge >= 0.3 is 5.97 Å². The van der Waals surface area contributed by atoms with E-state index >= 15 is 0 Å². The van der Waals surface area contributed by atoms with Crippen molar-refractivity contribution in [1.82, 2.24) is 4.98 Å². The number of thiazole rings is 1. The lowest BCUT2D eigenvalue weighted by molar-refractivity contribution is 0.0526. The van der Waals surface area contributed by atoms with Gasteiger partial charge in [-0.2, -0.15) is 0 Å². The number of aromatic nitrogens is 1. The molecule has 0 saturated carbocycles. The van der Waals surface area contributed by atoms with Crippen molar-refractivity contribution < 1.29 is 27.5 Å². The van der Waals surface area contributed by atoms with Crippen LogP contribution in [0, 0.1) is 0 Å². The van der Waals surface area contributed by atoms with Crippen LogP contribution in [0.2, 0.25) is 0 Å². The molecule has 180 valence electrons. The topological polar surface area (TPSA) is 124 Å². The van der Waals surface area contributed by atoms with E-state index < -0.39 is 21.9 Å². The summed E-state index contributed by atoms with van der Waals surface area (Å²) in [6.45, 7) is 2.02. The zero-order valence-electron chi connectivity index (χ0n) is 18.8. The number of nitrogens with one attached hydrogen (secondary N) is 2. The van der Waals surface area contributed by atoms with Crippen LogP contribution in [0.25, 0.3) is 10.2 Å². The van der Waals surface area contributed by atoms with E-state index in [0.29, 0.717) is 33.2 Å². The van der Waals surface area contributed by atoms with E-state index in [2.05, 4.69) is 15.0 Å². The van der Waals surface area contributed by atoms with Gasteiger partial charge < -0.3 is 9.47 Å². The zero-order valence-corrected chi connectivity index (χ0v) is 20.4. The molecule has 0 unspecified atom stereocenters. The number of hydrogen-bond acceptors (Lipinski definition) is 8. The molecule has 1 amide bonds. The normalized spacial score (nSPS) is 11.1. The fourth-order valence-electron chi connectivity index (χ4n) is 3.15. The number of methoxy groups -OCH3 is 1. The lowest BCUT2D eigenvalue weighted by Crippen LogP contribution is -2.14. The predicted molar refractivity (Wildman–Crippen MR) is 134 cm³/mol. The third-order valence-corrected chi connectivity index (χ3v) is 7.22. The summed E-state index contributed by atoms with van der Waals surface area (Å²) in [5, 5.41) is 3.10. The summed E-state index contributed by atoms with van der Waals surface area (Å²) in [7, 11) is -2.30. The van der Waals surface area contributed by atoms with E-state index in [-0.39, 0.29) is 11.5 Å². The number of benzene rings is 3. The van der Waals surface area contributed by atoms with E-state index in [1.807, 2.05) is 0 Å². The highest BCUT2D eigenvalue weighted by molar-refractivity contribution is 7.92. The predicted octanol–water partition coefficient (Wildman–Crippen LogP) is 4.53. The van der Waals surface area contributed by atoms with Crippen molar-refractivity contribution in [3.05, 3.63) is 77.9 Å². The van der Waals surface area contributed by atoms with Crippen LogP contribution in [0.1, 0.15) is 27.6 Å². The summed E-state index contributed by atoms with van der Waals surface area (Å²) >= 11 is 1.23. The van der Waals surface area contributed by atoms with E-state index in [9.17, 15) is 18.0 Å². The van der Waals surface area contributed by atoms with Crippen molar-refractivity contribution >= 4 is 54.3 Å². The lowest BCUT2D eigenvalue weighted by atomic mass is 10.2. The van der Waals surface area contributed by atoms with Gasteiger partial charge in [0.05, 0.1) is 34.4 Å². The molecular weight excluding hydrogens is 490 g/mol. The van der Waals surface area contributed by atoms with Crippen molar-refractivity contribution in [1.29, 1.82) is 0 Å². The van der Waals surface area contributed by atoms with E-state index in [4.69, 9.17) is 9.47 Å². The maximum absolute atomic E-state index is 12.7. The molecule has 4 aromatic rings. The fourth-order valence-corrected chi connectivity index (χ4v) is 5.11. The number of amides is 1. The molecule has 11 heteroatoms. The molecular formula is C24H21N3O6S2. The molecule has 0 aliphatic carbocycles. The minimum absolute atomic E-state index is 0.0852. The summed E-state index contributed by atoms with van der Waals surface area (Å²) < 4.78 is 38.4. The molecule has 0 aliphatic rings. The molecule has 35 heavy (non-hydrogen) atoms. The van der Waals surface area contributed by atoms with Gasteiger partial charge in [-0.3, -0.25) is 14.8 Å². The van der Waals surface area contributed by atoms with Crippen molar-refractivity contribution in [2.75, 3.05) is 23.8 Å². The highest BCUT2D eigenvalue weighted by Gasteiger charge is 2.16.